The SMILES string of the molecule is Cc1cc(C(C)(C)C(=O)O)nc(-n2ccnc2)n1. The van der Waals surface area contributed by atoms with Gasteiger partial charge in [-0.2, -0.15) is 0 Å². The van der Waals surface area contributed by atoms with Gasteiger partial charge in [-0.15, -0.1) is 0 Å². The lowest BCUT2D eigenvalue weighted by Gasteiger charge is -2.19. The number of aryl methyl sites for hydroxylation is 1. The fourth-order valence-electron chi connectivity index (χ4n) is 1.48. The number of aliphatic carboxylic acids is 1. The molecular weight excluding hydrogens is 232 g/mol. The number of rotatable bonds is 3. The van der Waals surface area contributed by atoms with E-state index in [0.717, 1.165) is 5.69 Å². The monoisotopic (exact) mass is 246 g/mol. The van der Waals surface area contributed by atoms with E-state index in [1.807, 2.05) is 6.92 Å². The average Bonchev–Trinajstić information content (AvgIpc) is 2.81. The molecule has 0 radical (unpaired) electrons. The molecule has 0 aliphatic rings. The zero-order chi connectivity index (χ0) is 13.3. The lowest BCUT2D eigenvalue weighted by molar-refractivity contribution is -0.142. The lowest BCUT2D eigenvalue weighted by atomic mass is 9.89. The second kappa shape index (κ2) is 4.21. The van der Waals surface area contributed by atoms with Crippen molar-refractivity contribution in [3.63, 3.8) is 0 Å². The summed E-state index contributed by atoms with van der Waals surface area (Å²) in [7, 11) is 0. The summed E-state index contributed by atoms with van der Waals surface area (Å²) in [6, 6.07) is 1.69. The van der Waals surface area contributed by atoms with Gasteiger partial charge in [-0.1, -0.05) is 0 Å². The van der Waals surface area contributed by atoms with Crippen molar-refractivity contribution in [1.29, 1.82) is 0 Å². The summed E-state index contributed by atoms with van der Waals surface area (Å²) in [6.07, 6.45) is 4.91. The number of imidazole rings is 1. The molecule has 1 N–H and O–H groups in total. The fourth-order valence-corrected chi connectivity index (χ4v) is 1.48. The van der Waals surface area contributed by atoms with Gasteiger partial charge in [-0.25, -0.2) is 15.0 Å². The molecule has 0 unspecified atom stereocenters. The van der Waals surface area contributed by atoms with E-state index >= 15 is 0 Å². The van der Waals surface area contributed by atoms with Gasteiger partial charge in [0, 0.05) is 18.1 Å². The zero-order valence-electron chi connectivity index (χ0n) is 10.5. The summed E-state index contributed by atoms with van der Waals surface area (Å²) in [5, 5.41) is 9.23. The molecule has 6 nitrogen and oxygen atoms in total. The van der Waals surface area contributed by atoms with Gasteiger partial charge in [0.15, 0.2) is 0 Å². The molecule has 6 heteroatoms. The third-order valence-corrected chi connectivity index (χ3v) is 2.75. The number of carboxylic acids is 1. The Bertz CT molecular complexity index is 576. The Morgan fingerprint density at radius 2 is 2.11 bits per heavy atom. The third kappa shape index (κ3) is 2.09. The second-order valence-corrected chi connectivity index (χ2v) is 4.59. The average molecular weight is 246 g/mol. The summed E-state index contributed by atoms with van der Waals surface area (Å²) < 4.78 is 1.65. The molecule has 0 saturated heterocycles. The van der Waals surface area contributed by atoms with Gasteiger partial charge >= 0.3 is 5.97 Å². The molecule has 0 fully saturated rings. The standard InChI is InChI=1S/C12H14N4O2/c1-8-6-9(12(2,3)10(17)18)15-11(14-8)16-5-4-13-7-16/h4-7H,1-3H3,(H,17,18). The first-order valence-electron chi connectivity index (χ1n) is 5.49. The van der Waals surface area contributed by atoms with Gasteiger partial charge in [-0.3, -0.25) is 9.36 Å². The van der Waals surface area contributed by atoms with E-state index in [0.29, 0.717) is 11.6 Å². The summed E-state index contributed by atoms with van der Waals surface area (Å²) >= 11 is 0. The van der Waals surface area contributed by atoms with E-state index in [-0.39, 0.29) is 0 Å². The van der Waals surface area contributed by atoms with Crippen molar-refractivity contribution in [1.82, 2.24) is 19.5 Å². The molecule has 0 amide bonds. The molecule has 0 bridgehead atoms. The van der Waals surface area contributed by atoms with Crippen LogP contribution in [0.4, 0.5) is 0 Å². The van der Waals surface area contributed by atoms with Crippen molar-refractivity contribution in [3.05, 3.63) is 36.2 Å². The Morgan fingerprint density at radius 1 is 1.39 bits per heavy atom. The van der Waals surface area contributed by atoms with Crippen LogP contribution in [0.3, 0.4) is 0 Å². The summed E-state index contributed by atoms with van der Waals surface area (Å²) in [6.45, 7) is 5.05. The van der Waals surface area contributed by atoms with E-state index < -0.39 is 11.4 Å². The van der Waals surface area contributed by atoms with Crippen LogP contribution in [0.5, 0.6) is 0 Å². The predicted octanol–water partition coefficient (Wildman–Crippen LogP) is 1.33. The number of hydrogen-bond acceptors (Lipinski definition) is 4. The zero-order valence-corrected chi connectivity index (χ0v) is 10.5. The first kappa shape index (κ1) is 12.2. The molecule has 0 spiro atoms. The highest BCUT2D eigenvalue weighted by Gasteiger charge is 2.31. The summed E-state index contributed by atoms with van der Waals surface area (Å²) in [5.41, 5.74) is 0.146. The first-order valence-corrected chi connectivity index (χ1v) is 5.49. The molecule has 0 aromatic carbocycles. The van der Waals surface area contributed by atoms with Gasteiger partial charge in [0.05, 0.1) is 5.69 Å². The number of nitrogens with zero attached hydrogens (tertiary/aromatic N) is 4. The van der Waals surface area contributed by atoms with E-state index in [2.05, 4.69) is 15.0 Å². The minimum absolute atomic E-state index is 0.428. The van der Waals surface area contributed by atoms with Crippen LogP contribution in [-0.4, -0.2) is 30.6 Å². The van der Waals surface area contributed by atoms with Crippen LogP contribution in [0.1, 0.15) is 25.2 Å². The molecule has 94 valence electrons. The Balaban J connectivity index is 2.55. The second-order valence-electron chi connectivity index (χ2n) is 4.59. The third-order valence-electron chi connectivity index (χ3n) is 2.75. The Labute approximate surface area is 104 Å². The maximum Gasteiger partial charge on any atom is 0.315 e. The highest BCUT2D eigenvalue weighted by molar-refractivity contribution is 5.79. The van der Waals surface area contributed by atoms with Crippen LogP contribution < -0.4 is 0 Å². The molecule has 2 rings (SSSR count). The Morgan fingerprint density at radius 3 is 2.67 bits per heavy atom. The maximum absolute atomic E-state index is 11.3. The molecule has 2 heterocycles. The van der Waals surface area contributed by atoms with Gasteiger partial charge in [0.1, 0.15) is 11.7 Å². The number of aromatic nitrogens is 4. The molecule has 2 aromatic heterocycles. The van der Waals surface area contributed by atoms with Crippen LogP contribution >= 0.6 is 0 Å². The van der Waals surface area contributed by atoms with Gasteiger partial charge in [0.25, 0.3) is 0 Å². The van der Waals surface area contributed by atoms with Crippen molar-refractivity contribution < 1.29 is 9.90 Å². The smallest absolute Gasteiger partial charge is 0.315 e. The number of carboxylic acid groups (broad SMARTS) is 1. The fraction of sp³-hybridized carbons (Fsp3) is 0.333. The largest absolute Gasteiger partial charge is 0.481 e. The minimum Gasteiger partial charge on any atom is -0.481 e. The first-order chi connectivity index (χ1) is 8.41. The minimum atomic E-state index is -1.05. The highest BCUT2D eigenvalue weighted by atomic mass is 16.4. The number of hydrogen-bond donors (Lipinski definition) is 1. The topological polar surface area (TPSA) is 80.9 Å². The van der Waals surface area contributed by atoms with Gasteiger partial charge in [0.2, 0.25) is 5.95 Å². The van der Waals surface area contributed by atoms with E-state index in [1.165, 1.54) is 0 Å². The van der Waals surface area contributed by atoms with Crippen molar-refractivity contribution in [2.75, 3.05) is 0 Å². The van der Waals surface area contributed by atoms with Crippen LogP contribution in [0.25, 0.3) is 5.95 Å². The highest BCUT2D eigenvalue weighted by Crippen LogP contribution is 2.22. The molecule has 2 aromatic rings. The van der Waals surface area contributed by atoms with Crippen LogP contribution in [0.2, 0.25) is 0 Å². The van der Waals surface area contributed by atoms with Crippen LogP contribution in [0.15, 0.2) is 24.8 Å². The van der Waals surface area contributed by atoms with Crippen molar-refractivity contribution in [2.45, 2.75) is 26.2 Å². The Kier molecular flexibility index (Phi) is 2.86. The predicted molar refractivity (Wildman–Crippen MR) is 64.6 cm³/mol. The molecule has 0 atom stereocenters. The normalized spacial score (nSPS) is 11.5. The van der Waals surface area contributed by atoms with Crippen molar-refractivity contribution in [2.24, 2.45) is 0 Å². The van der Waals surface area contributed by atoms with Gasteiger partial charge in [-0.05, 0) is 26.8 Å². The van der Waals surface area contributed by atoms with Crippen molar-refractivity contribution >= 4 is 5.97 Å². The van der Waals surface area contributed by atoms with E-state index in [1.54, 1.807) is 43.2 Å². The molecular formula is C12H14N4O2. The van der Waals surface area contributed by atoms with E-state index in [4.69, 9.17) is 0 Å². The quantitative estimate of drug-likeness (QED) is 0.883. The van der Waals surface area contributed by atoms with Crippen molar-refractivity contribution in [3.8, 4) is 5.95 Å². The lowest BCUT2D eigenvalue weighted by Crippen LogP contribution is -2.30. The van der Waals surface area contributed by atoms with Crippen LogP contribution in [-0.2, 0) is 10.2 Å². The maximum atomic E-state index is 11.3. The van der Waals surface area contributed by atoms with E-state index in [9.17, 15) is 9.90 Å². The summed E-state index contributed by atoms with van der Waals surface area (Å²) in [5.74, 6) is -0.492. The van der Waals surface area contributed by atoms with Crippen LogP contribution in [0, 0.1) is 6.92 Å². The summed E-state index contributed by atoms with van der Waals surface area (Å²) in [4.78, 5) is 23.7. The number of carbonyl (C=O) groups is 1. The Hall–Kier alpha value is -2.24. The molecule has 0 aliphatic carbocycles. The van der Waals surface area contributed by atoms with Gasteiger partial charge < -0.3 is 5.11 Å². The molecule has 0 aliphatic heterocycles. The molecule has 0 saturated carbocycles. The molecule has 18 heavy (non-hydrogen) atoms.